The van der Waals surface area contributed by atoms with Gasteiger partial charge in [-0.05, 0) is 25.7 Å². The average Bonchev–Trinajstić information content (AvgIpc) is 2.41. The Bertz CT molecular complexity index is 330. The third-order valence-electron chi connectivity index (χ3n) is 4.07. The number of carboxylic acid groups (broad SMARTS) is 1. The lowest BCUT2D eigenvalue weighted by Gasteiger charge is -2.42. The Balaban J connectivity index is 5.29. The van der Waals surface area contributed by atoms with Gasteiger partial charge in [0.1, 0.15) is 5.54 Å². The van der Waals surface area contributed by atoms with Crippen molar-refractivity contribution in [3.63, 3.8) is 0 Å². The smallest absolute Gasteiger partial charge is 0.410 e. The Hall–Kier alpha value is -1.26. The lowest BCUT2D eigenvalue weighted by molar-refractivity contribution is -0.154. The lowest BCUT2D eigenvalue weighted by Crippen LogP contribution is -2.60. The number of hydrogen-bond donors (Lipinski definition) is 1. The highest BCUT2D eigenvalue weighted by atomic mass is 16.6. The Kier molecular flexibility index (Phi) is 9.06. The molecule has 0 heterocycles. The maximum Gasteiger partial charge on any atom is 0.410 e. The summed E-state index contributed by atoms with van der Waals surface area (Å²) in [6, 6.07) is 0. The van der Waals surface area contributed by atoms with Crippen LogP contribution in [0, 0.1) is 5.92 Å². The number of carbonyl (C=O) groups is 2. The second kappa shape index (κ2) is 9.64. The molecule has 1 atom stereocenters. The lowest BCUT2D eigenvalue weighted by atomic mass is 9.82. The summed E-state index contributed by atoms with van der Waals surface area (Å²) in [6.07, 6.45) is 3.82. The predicted octanol–water partition coefficient (Wildman–Crippen LogP) is 3.91. The summed E-state index contributed by atoms with van der Waals surface area (Å²) in [4.78, 5) is 25.6. The second-order valence-electron chi connectivity index (χ2n) is 5.65. The fourth-order valence-electron chi connectivity index (χ4n) is 2.78. The van der Waals surface area contributed by atoms with Crippen molar-refractivity contribution in [1.29, 1.82) is 0 Å². The van der Waals surface area contributed by atoms with E-state index in [0.29, 0.717) is 13.0 Å². The Morgan fingerprint density at radius 3 is 2.14 bits per heavy atom. The number of amides is 1. The first-order valence-electron chi connectivity index (χ1n) is 8.06. The van der Waals surface area contributed by atoms with E-state index >= 15 is 0 Å². The standard InChI is InChI=1S/C16H31NO4/c1-6-9-10-11-12-17(15(20)21-8-3)16(7-2,13(4)5)14(18)19/h13H,6-12H2,1-5H3,(H,18,19). The first-order chi connectivity index (χ1) is 9.88. The van der Waals surface area contributed by atoms with Crippen molar-refractivity contribution in [1.82, 2.24) is 4.90 Å². The number of hydrogen-bond acceptors (Lipinski definition) is 3. The van der Waals surface area contributed by atoms with Gasteiger partial charge in [0.05, 0.1) is 6.61 Å². The molecule has 0 rings (SSSR count). The number of rotatable bonds is 10. The molecule has 0 fully saturated rings. The molecule has 0 saturated heterocycles. The molecular formula is C16H31NO4. The zero-order chi connectivity index (χ0) is 16.5. The molecule has 0 spiro atoms. The van der Waals surface area contributed by atoms with Crippen molar-refractivity contribution in [3.8, 4) is 0 Å². The van der Waals surface area contributed by atoms with Crippen molar-refractivity contribution in [2.75, 3.05) is 13.2 Å². The fraction of sp³-hybridized carbons (Fsp3) is 0.875. The van der Waals surface area contributed by atoms with Crippen LogP contribution in [0.25, 0.3) is 0 Å². The molecule has 124 valence electrons. The Labute approximate surface area is 128 Å². The largest absolute Gasteiger partial charge is 0.479 e. The van der Waals surface area contributed by atoms with E-state index in [4.69, 9.17) is 4.74 Å². The van der Waals surface area contributed by atoms with Crippen molar-refractivity contribution in [2.24, 2.45) is 5.92 Å². The summed E-state index contributed by atoms with van der Waals surface area (Å²) in [5.41, 5.74) is -1.20. The molecule has 0 aromatic rings. The molecule has 1 amide bonds. The van der Waals surface area contributed by atoms with Gasteiger partial charge in [0.15, 0.2) is 0 Å². The quantitative estimate of drug-likeness (QED) is 0.621. The molecule has 1 N–H and O–H groups in total. The van der Waals surface area contributed by atoms with Crippen LogP contribution < -0.4 is 0 Å². The van der Waals surface area contributed by atoms with Gasteiger partial charge in [-0.2, -0.15) is 0 Å². The normalized spacial score (nSPS) is 13.8. The van der Waals surface area contributed by atoms with Crippen molar-refractivity contribution < 1.29 is 19.4 Å². The number of carbonyl (C=O) groups excluding carboxylic acids is 1. The SMILES string of the molecule is CCCCCCN(C(=O)OCC)C(CC)(C(=O)O)C(C)C. The second-order valence-corrected chi connectivity index (χ2v) is 5.65. The molecule has 0 aliphatic rings. The zero-order valence-electron chi connectivity index (χ0n) is 14.1. The molecule has 0 aromatic carbocycles. The van der Waals surface area contributed by atoms with E-state index in [1.54, 1.807) is 6.92 Å². The highest BCUT2D eigenvalue weighted by molar-refractivity contribution is 5.84. The molecule has 21 heavy (non-hydrogen) atoms. The number of ether oxygens (including phenoxy) is 1. The predicted molar refractivity (Wildman–Crippen MR) is 83.4 cm³/mol. The molecule has 0 aliphatic carbocycles. The van der Waals surface area contributed by atoms with Gasteiger partial charge in [-0.25, -0.2) is 9.59 Å². The molecule has 0 aromatic heterocycles. The fourth-order valence-corrected chi connectivity index (χ4v) is 2.78. The van der Waals surface area contributed by atoms with E-state index in [0.717, 1.165) is 25.7 Å². The van der Waals surface area contributed by atoms with Gasteiger partial charge in [-0.1, -0.05) is 47.0 Å². The van der Waals surface area contributed by atoms with Crippen LogP contribution in [0.15, 0.2) is 0 Å². The minimum absolute atomic E-state index is 0.185. The Morgan fingerprint density at radius 2 is 1.76 bits per heavy atom. The van der Waals surface area contributed by atoms with E-state index in [-0.39, 0.29) is 12.5 Å². The van der Waals surface area contributed by atoms with E-state index < -0.39 is 17.6 Å². The van der Waals surface area contributed by atoms with Gasteiger partial charge in [0, 0.05) is 6.54 Å². The van der Waals surface area contributed by atoms with Crippen LogP contribution in [0.1, 0.15) is 66.7 Å². The van der Waals surface area contributed by atoms with Crippen LogP contribution in [0.3, 0.4) is 0 Å². The molecule has 5 nitrogen and oxygen atoms in total. The first-order valence-corrected chi connectivity index (χ1v) is 8.06. The number of unbranched alkanes of at least 4 members (excludes halogenated alkanes) is 3. The third-order valence-corrected chi connectivity index (χ3v) is 4.07. The zero-order valence-corrected chi connectivity index (χ0v) is 14.1. The van der Waals surface area contributed by atoms with Crippen molar-refractivity contribution >= 4 is 12.1 Å². The van der Waals surface area contributed by atoms with Gasteiger partial charge >= 0.3 is 12.1 Å². The van der Waals surface area contributed by atoms with Crippen LogP contribution in [-0.2, 0) is 9.53 Å². The summed E-state index contributed by atoms with van der Waals surface area (Å²) in [6.45, 7) is 10.0. The minimum Gasteiger partial charge on any atom is -0.479 e. The molecule has 1 unspecified atom stereocenters. The van der Waals surface area contributed by atoms with Gasteiger partial charge in [-0.3, -0.25) is 4.90 Å². The van der Waals surface area contributed by atoms with Crippen LogP contribution >= 0.6 is 0 Å². The van der Waals surface area contributed by atoms with E-state index in [9.17, 15) is 14.7 Å². The number of nitrogens with zero attached hydrogens (tertiary/aromatic N) is 1. The highest BCUT2D eigenvalue weighted by Crippen LogP contribution is 2.30. The first kappa shape index (κ1) is 19.7. The summed E-state index contributed by atoms with van der Waals surface area (Å²) in [5.74, 6) is -1.14. The van der Waals surface area contributed by atoms with Gasteiger partial charge in [0.2, 0.25) is 0 Å². The van der Waals surface area contributed by atoms with Crippen LogP contribution in [0.5, 0.6) is 0 Å². The number of carboxylic acids is 1. The van der Waals surface area contributed by atoms with Gasteiger partial charge < -0.3 is 9.84 Å². The Morgan fingerprint density at radius 1 is 1.14 bits per heavy atom. The minimum atomic E-state index is -1.20. The summed E-state index contributed by atoms with van der Waals surface area (Å²) >= 11 is 0. The molecular weight excluding hydrogens is 270 g/mol. The monoisotopic (exact) mass is 301 g/mol. The van der Waals surface area contributed by atoms with Gasteiger partial charge in [-0.15, -0.1) is 0 Å². The molecule has 0 aliphatic heterocycles. The topological polar surface area (TPSA) is 66.8 Å². The summed E-state index contributed by atoms with van der Waals surface area (Å²) in [5, 5.41) is 9.73. The van der Waals surface area contributed by atoms with Crippen LogP contribution in [0.4, 0.5) is 4.79 Å². The molecule has 5 heteroatoms. The van der Waals surface area contributed by atoms with Crippen LogP contribution in [-0.4, -0.2) is 40.8 Å². The van der Waals surface area contributed by atoms with Gasteiger partial charge in [0.25, 0.3) is 0 Å². The summed E-state index contributed by atoms with van der Waals surface area (Å²) in [7, 11) is 0. The van der Waals surface area contributed by atoms with Crippen molar-refractivity contribution in [2.45, 2.75) is 72.3 Å². The number of aliphatic carboxylic acids is 1. The third kappa shape index (κ3) is 4.90. The maximum absolute atomic E-state index is 12.3. The maximum atomic E-state index is 12.3. The van der Waals surface area contributed by atoms with Crippen LogP contribution in [0.2, 0.25) is 0 Å². The molecule has 0 radical (unpaired) electrons. The van der Waals surface area contributed by atoms with E-state index in [2.05, 4.69) is 6.92 Å². The highest BCUT2D eigenvalue weighted by Gasteiger charge is 2.48. The van der Waals surface area contributed by atoms with Crippen molar-refractivity contribution in [3.05, 3.63) is 0 Å². The van der Waals surface area contributed by atoms with E-state index in [1.165, 1.54) is 4.90 Å². The van der Waals surface area contributed by atoms with E-state index in [1.807, 2.05) is 20.8 Å². The molecule has 0 bridgehead atoms. The molecule has 0 saturated carbocycles. The average molecular weight is 301 g/mol. The summed E-state index contributed by atoms with van der Waals surface area (Å²) < 4.78 is 5.09.